The molecule has 1 aromatic carbocycles. The van der Waals surface area contributed by atoms with Crippen molar-refractivity contribution in [2.45, 2.75) is 51.6 Å². The van der Waals surface area contributed by atoms with Gasteiger partial charge in [-0.2, -0.15) is 0 Å². The maximum Gasteiger partial charge on any atom is 0.0375 e. The van der Waals surface area contributed by atoms with E-state index in [9.17, 15) is 0 Å². The first-order valence-electron chi connectivity index (χ1n) is 8.09. The number of benzene rings is 1. The largest absolute Gasteiger partial charge is 0.308 e. The van der Waals surface area contributed by atoms with Crippen LogP contribution in [-0.2, 0) is 6.42 Å². The Morgan fingerprint density at radius 2 is 2.00 bits per heavy atom. The second kappa shape index (κ2) is 5.50. The Kier molecular flexibility index (Phi) is 3.87. The standard InChI is InChI=1S/C18H28N2/c1-18(2)11-10-14-6-4-5-7-16(14)17(18)19-12-13-20(3)15-8-9-15/h4-7,15,17,19H,8-13H2,1-3H3. The van der Waals surface area contributed by atoms with Crippen LogP contribution in [0, 0.1) is 5.41 Å². The maximum absolute atomic E-state index is 3.84. The van der Waals surface area contributed by atoms with Gasteiger partial charge in [0.15, 0.2) is 0 Å². The molecule has 1 aromatic rings. The second-order valence-electron chi connectivity index (χ2n) is 7.29. The fraction of sp³-hybridized carbons (Fsp3) is 0.667. The summed E-state index contributed by atoms with van der Waals surface area (Å²) in [6.07, 6.45) is 5.30. The topological polar surface area (TPSA) is 15.3 Å². The summed E-state index contributed by atoms with van der Waals surface area (Å²) in [5.41, 5.74) is 3.42. The van der Waals surface area contributed by atoms with Crippen LogP contribution < -0.4 is 5.32 Å². The van der Waals surface area contributed by atoms with Gasteiger partial charge in [-0.25, -0.2) is 0 Å². The first-order chi connectivity index (χ1) is 9.58. The molecule has 0 radical (unpaired) electrons. The van der Waals surface area contributed by atoms with Crippen LogP contribution in [-0.4, -0.2) is 31.1 Å². The molecule has 0 spiro atoms. The smallest absolute Gasteiger partial charge is 0.0375 e. The monoisotopic (exact) mass is 272 g/mol. The summed E-state index contributed by atoms with van der Waals surface area (Å²) in [4.78, 5) is 2.51. The Morgan fingerprint density at radius 1 is 1.25 bits per heavy atom. The summed E-state index contributed by atoms with van der Waals surface area (Å²) in [7, 11) is 2.26. The maximum atomic E-state index is 3.84. The van der Waals surface area contributed by atoms with E-state index < -0.39 is 0 Å². The number of fused-ring (bicyclic) bond motifs is 1. The van der Waals surface area contributed by atoms with E-state index in [0.717, 1.165) is 12.6 Å². The first-order valence-corrected chi connectivity index (χ1v) is 8.09. The van der Waals surface area contributed by atoms with Gasteiger partial charge in [0.1, 0.15) is 0 Å². The number of rotatable bonds is 5. The fourth-order valence-electron chi connectivity index (χ4n) is 3.53. The highest BCUT2D eigenvalue weighted by Gasteiger charge is 2.35. The highest BCUT2D eigenvalue weighted by atomic mass is 15.2. The van der Waals surface area contributed by atoms with Gasteiger partial charge in [0.05, 0.1) is 0 Å². The molecular weight excluding hydrogens is 244 g/mol. The third kappa shape index (κ3) is 2.91. The van der Waals surface area contributed by atoms with Gasteiger partial charge in [0, 0.05) is 25.2 Å². The molecule has 3 rings (SSSR count). The van der Waals surface area contributed by atoms with Crippen LogP contribution in [0.4, 0.5) is 0 Å². The summed E-state index contributed by atoms with van der Waals surface area (Å²) in [6, 6.07) is 10.3. The van der Waals surface area contributed by atoms with E-state index in [0.29, 0.717) is 11.5 Å². The summed E-state index contributed by atoms with van der Waals surface area (Å²) in [5, 5.41) is 3.84. The van der Waals surface area contributed by atoms with Crippen LogP contribution in [0.25, 0.3) is 0 Å². The predicted molar refractivity (Wildman–Crippen MR) is 84.9 cm³/mol. The van der Waals surface area contributed by atoms with Gasteiger partial charge in [-0.15, -0.1) is 0 Å². The Morgan fingerprint density at radius 3 is 2.75 bits per heavy atom. The highest BCUT2D eigenvalue weighted by Crippen LogP contribution is 2.43. The lowest BCUT2D eigenvalue weighted by Crippen LogP contribution is -2.41. The molecule has 1 N–H and O–H groups in total. The molecule has 2 nitrogen and oxygen atoms in total. The van der Waals surface area contributed by atoms with E-state index >= 15 is 0 Å². The second-order valence-corrected chi connectivity index (χ2v) is 7.29. The Hall–Kier alpha value is -0.860. The van der Waals surface area contributed by atoms with Crippen molar-refractivity contribution in [2.75, 3.05) is 20.1 Å². The first kappa shape index (κ1) is 14.1. The lowest BCUT2D eigenvalue weighted by molar-refractivity contribution is 0.201. The third-order valence-electron chi connectivity index (χ3n) is 5.17. The zero-order valence-corrected chi connectivity index (χ0v) is 13.2. The lowest BCUT2D eigenvalue weighted by Gasteiger charge is -2.41. The Bertz CT molecular complexity index is 462. The summed E-state index contributed by atoms with van der Waals surface area (Å²) >= 11 is 0. The van der Waals surface area contributed by atoms with Gasteiger partial charge >= 0.3 is 0 Å². The zero-order valence-electron chi connectivity index (χ0n) is 13.2. The molecule has 0 heterocycles. The molecule has 0 saturated heterocycles. The van der Waals surface area contributed by atoms with Crippen LogP contribution in [0.5, 0.6) is 0 Å². The molecule has 1 saturated carbocycles. The molecule has 1 atom stereocenters. The fourth-order valence-corrected chi connectivity index (χ4v) is 3.53. The summed E-state index contributed by atoms with van der Waals surface area (Å²) in [5.74, 6) is 0. The molecule has 1 unspecified atom stereocenters. The van der Waals surface area contributed by atoms with Crippen LogP contribution in [0.2, 0.25) is 0 Å². The minimum atomic E-state index is 0.354. The predicted octanol–water partition coefficient (Wildman–Crippen LogP) is 3.38. The number of hydrogen-bond donors (Lipinski definition) is 1. The number of nitrogens with zero attached hydrogens (tertiary/aromatic N) is 1. The van der Waals surface area contributed by atoms with E-state index in [1.54, 1.807) is 5.56 Å². The third-order valence-corrected chi connectivity index (χ3v) is 5.17. The average Bonchev–Trinajstić information content (AvgIpc) is 3.25. The van der Waals surface area contributed by atoms with Gasteiger partial charge in [-0.1, -0.05) is 38.1 Å². The van der Waals surface area contributed by atoms with Crippen molar-refractivity contribution in [3.63, 3.8) is 0 Å². The van der Waals surface area contributed by atoms with Crippen molar-refractivity contribution < 1.29 is 0 Å². The van der Waals surface area contributed by atoms with Crippen LogP contribution >= 0.6 is 0 Å². The van der Waals surface area contributed by atoms with Gasteiger partial charge < -0.3 is 10.2 Å². The van der Waals surface area contributed by atoms with E-state index in [-0.39, 0.29) is 0 Å². The Balaban J connectivity index is 1.66. The van der Waals surface area contributed by atoms with Gasteiger partial charge in [-0.05, 0) is 49.3 Å². The van der Waals surface area contributed by atoms with Crippen molar-refractivity contribution >= 4 is 0 Å². The average molecular weight is 272 g/mol. The van der Waals surface area contributed by atoms with E-state index in [1.807, 2.05) is 0 Å². The van der Waals surface area contributed by atoms with Crippen molar-refractivity contribution in [2.24, 2.45) is 5.41 Å². The van der Waals surface area contributed by atoms with Crippen LogP contribution in [0.1, 0.15) is 50.3 Å². The molecule has 2 aliphatic carbocycles. The van der Waals surface area contributed by atoms with E-state index in [1.165, 1.54) is 37.8 Å². The van der Waals surface area contributed by atoms with Gasteiger partial charge in [0.2, 0.25) is 0 Å². The minimum absolute atomic E-state index is 0.354. The Labute approximate surface area is 123 Å². The molecule has 20 heavy (non-hydrogen) atoms. The van der Waals surface area contributed by atoms with E-state index in [4.69, 9.17) is 0 Å². The number of hydrogen-bond acceptors (Lipinski definition) is 2. The molecule has 110 valence electrons. The van der Waals surface area contributed by atoms with Crippen LogP contribution in [0.15, 0.2) is 24.3 Å². The SMILES string of the molecule is CN(CCNC1c2ccccc2CCC1(C)C)C1CC1. The highest BCUT2D eigenvalue weighted by molar-refractivity contribution is 5.34. The molecule has 0 aromatic heterocycles. The van der Waals surface area contributed by atoms with Crippen molar-refractivity contribution in [1.29, 1.82) is 0 Å². The van der Waals surface area contributed by atoms with Crippen molar-refractivity contribution in [3.8, 4) is 0 Å². The van der Waals surface area contributed by atoms with Crippen LogP contribution in [0.3, 0.4) is 0 Å². The number of aryl methyl sites for hydroxylation is 1. The molecule has 2 aliphatic rings. The molecule has 0 amide bonds. The quantitative estimate of drug-likeness (QED) is 0.884. The normalized spacial score (nSPS) is 24.7. The molecule has 2 heteroatoms. The number of likely N-dealkylation sites (N-methyl/N-ethyl adjacent to an activating group) is 1. The van der Waals surface area contributed by atoms with Crippen molar-refractivity contribution in [3.05, 3.63) is 35.4 Å². The van der Waals surface area contributed by atoms with E-state index in [2.05, 4.69) is 55.4 Å². The zero-order chi connectivity index (χ0) is 14.2. The molecule has 0 bridgehead atoms. The summed E-state index contributed by atoms with van der Waals surface area (Å²) in [6.45, 7) is 7.07. The molecule has 0 aliphatic heterocycles. The van der Waals surface area contributed by atoms with Crippen molar-refractivity contribution in [1.82, 2.24) is 10.2 Å². The number of nitrogens with one attached hydrogen (secondary N) is 1. The summed E-state index contributed by atoms with van der Waals surface area (Å²) < 4.78 is 0. The van der Waals surface area contributed by atoms with Gasteiger partial charge in [-0.3, -0.25) is 0 Å². The lowest BCUT2D eigenvalue weighted by atomic mass is 9.70. The minimum Gasteiger partial charge on any atom is -0.308 e. The molecular formula is C18H28N2. The molecule has 1 fully saturated rings. The van der Waals surface area contributed by atoms with Gasteiger partial charge in [0.25, 0.3) is 0 Å².